The molecule has 1 saturated carbocycles. The lowest BCUT2D eigenvalue weighted by molar-refractivity contribution is -0.223. The van der Waals surface area contributed by atoms with Crippen LogP contribution in [0.1, 0.15) is 61.7 Å². The summed E-state index contributed by atoms with van der Waals surface area (Å²) < 4.78 is 21.0. The second-order valence-electron chi connectivity index (χ2n) is 9.51. The minimum atomic E-state index is -0.720. The molecule has 0 amide bonds. The number of aromatic nitrogens is 4. The quantitative estimate of drug-likeness (QED) is 0.522. The van der Waals surface area contributed by atoms with Gasteiger partial charge in [0, 0.05) is 29.6 Å². The first kappa shape index (κ1) is 22.0. The number of halogens is 1. The van der Waals surface area contributed by atoms with E-state index in [1.54, 1.807) is 6.20 Å². The molecule has 0 atom stereocenters. The fourth-order valence-corrected chi connectivity index (χ4v) is 5.67. The van der Waals surface area contributed by atoms with Crippen LogP contribution in [0.2, 0.25) is 5.02 Å². The number of fused-ring (bicyclic) bond motifs is 3. The van der Waals surface area contributed by atoms with Gasteiger partial charge in [0.25, 0.3) is 0 Å². The van der Waals surface area contributed by atoms with Gasteiger partial charge in [-0.25, -0.2) is 4.98 Å². The van der Waals surface area contributed by atoms with Crippen molar-refractivity contribution >= 4 is 11.6 Å². The van der Waals surface area contributed by atoms with Gasteiger partial charge in [-0.1, -0.05) is 17.7 Å². The van der Waals surface area contributed by atoms with E-state index in [0.29, 0.717) is 42.9 Å². The predicted octanol–water partition coefficient (Wildman–Crippen LogP) is 5.04. The van der Waals surface area contributed by atoms with Gasteiger partial charge in [0.2, 0.25) is 5.88 Å². The van der Waals surface area contributed by atoms with Crippen LogP contribution >= 0.6 is 11.6 Å². The maximum atomic E-state index is 6.42. The van der Waals surface area contributed by atoms with Crippen LogP contribution in [-0.4, -0.2) is 44.9 Å². The Morgan fingerprint density at radius 3 is 2.56 bits per heavy atom. The first-order chi connectivity index (χ1) is 16.7. The topological polar surface area (TPSA) is 71.3 Å². The fourth-order valence-electron chi connectivity index (χ4n) is 5.47. The van der Waals surface area contributed by atoms with Crippen molar-refractivity contribution in [3.8, 4) is 11.6 Å². The number of pyridine rings is 1. The summed E-state index contributed by atoms with van der Waals surface area (Å²) in [6, 6.07) is 11.8. The van der Waals surface area contributed by atoms with Gasteiger partial charge in [-0.05, 0) is 68.4 Å². The van der Waals surface area contributed by atoms with E-state index >= 15 is 0 Å². The molecule has 8 heteroatoms. The molecule has 3 aliphatic rings. The standard InChI is InChI=1S/C26H29ClN4O3/c27-20-8-11-22-19(15-20)16-26(32-13-3-4-14-33-26)17-23-29-30-25(31(22)23)18-6-9-21(10-7-18)34-24-5-1-2-12-28-24/h1-2,5,8,11-12,15,18,21H,3-4,6-7,9-10,13-14,16-17H2/t18-,21-. The van der Waals surface area contributed by atoms with Crippen molar-refractivity contribution in [2.24, 2.45) is 0 Å². The van der Waals surface area contributed by atoms with Crippen molar-refractivity contribution in [2.75, 3.05) is 13.2 Å². The monoisotopic (exact) mass is 480 g/mol. The van der Waals surface area contributed by atoms with E-state index in [9.17, 15) is 0 Å². The molecular weight excluding hydrogens is 452 g/mol. The van der Waals surface area contributed by atoms with Crippen LogP contribution in [0.3, 0.4) is 0 Å². The van der Waals surface area contributed by atoms with E-state index in [-0.39, 0.29) is 6.10 Å². The van der Waals surface area contributed by atoms with Crippen LogP contribution in [0.5, 0.6) is 5.88 Å². The molecule has 6 rings (SSSR count). The predicted molar refractivity (Wildman–Crippen MR) is 128 cm³/mol. The zero-order valence-corrected chi connectivity index (χ0v) is 19.9. The van der Waals surface area contributed by atoms with Crippen LogP contribution in [0, 0.1) is 0 Å². The number of ether oxygens (including phenoxy) is 3. The van der Waals surface area contributed by atoms with Gasteiger partial charge < -0.3 is 14.2 Å². The van der Waals surface area contributed by atoms with Gasteiger partial charge in [-0.15, -0.1) is 10.2 Å². The summed E-state index contributed by atoms with van der Waals surface area (Å²) >= 11 is 6.42. The van der Waals surface area contributed by atoms with Gasteiger partial charge in [-0.3, -0.25) is 4.57 Å². The SMILES string of the molecule is Clc1ccc2c(c1)CC1(Cc3nnc([C@H]4CC[C@H](Oc5ccccn5)CC4)n3-2)OCCCCO1. The lowest BCUT2D eigenvalue weighted by Crippen LogP contribution is -2.40. The van der Waals surface area contributed by atoms with Crippen LogP contribution in [0.25, 0.3) is 5.69 Å². The molecule has 3 aromatic rings. The number of benzene rings is 1. The zero-order valence-electron chi connectivity index (χ0n) is 19.2. The van der Waals surface area contributed by atoms with Gasteiger partial charge in [0.1, 0.15) is 17.8 Å². The zero-order chi connectivity index (χ0) is 23.0. The highest BCUT2D eigenvalue weighted by Crippen LogP contribution is 2.39. The van der Waals surface area contributed by atoms with E-state index in [1.807, 2.05) is 30.3 Å². The van der Waals surface area contributed by atoms with Crippen molar-refractivity contribution in [1.29, 1.82) is 0 Å². The van der Waals surface area contributed by atoms with Gasteiger partial charge in [0.15, 0.2) is 5.79 Å². The number of nitrogens with zero attached hydrogens (tertiary/aromatic N) is 4. The van der Waals surface area contributed by atoms with E-state index in [0.717, 1.165) is 61.4 Å². The van der Waals surface area contributed by atoms with E-state index < -0.39 is 5.79 Å². The Kier molecular flexibility index (Phi) is 6.01. The molecule has 7 nitrogen and oxygen atoms in total. The summed E-state index contributed by atoms with van der Waals surface area (Å²) in [6.07, 6.45) is 9.11. The molecular formula is C26H29ClN4O3. The average molecular weight is 481 g/mol. The summed E-state index contributed by atoms with van der Waals surface area (Å²) in [5, 5.41) is 10.1. The third-order valence-electron chi connectivity index (χ3n) is 7.16. The molecule has 1 spiro atoms. The molecule has 2 aliphatic heterocycles. The van der Waals surface area contributed by atoms with Crippen LogP contribution in [0.15, 0.2) is 42.6 Å². The van der Waals surface area contributed by atoms with Gasteiger partial charge in [0.05, 0.1) is 25.3 Å². The minimum Gasteiger partial charge on any atom is -0.474 e. The van der Waals surface area contributed by atoms with E-state index in [4.69, 9.17) is 30.9 Å². The molecule has 0 radical (unpaired) electrons. The number of rotatable bonds is 3. The number of hydrogen-bond acceptors (Lipinski definition) is 6. The highest BCUT2D eigenvalue weighted by Gasteiger charge is 2.41. The van der Waals surface area contributed by atoms with Crippen molar-refractivity contribution in [2.45, 2.75) is 69.2 Å². The molecule has 34 heavy (non-hydrogen) atoms. The van der Waals surface area contributed by atoms with Crippen LogP contribution in [0.4, 0.5) is 0 Å². The Balaban J connectivity index is 1.29. The summed E-state index contributed by atoms with van der Waals surface area (Å²) in [7, 11) is 0. The molecule has 0 N–H and O–H groups in total. The summed E-state index contributed by atoms with van der Waals surface area (Å²) in [4.78, 5) is 4.31. The van der Waals surface area contributed by atoms with Crippen LogP contribution < -0.4 is 4.74 Å². The Labute approximate surface area is 204 Å². The average Bonchev–Trinajstić information content (AvgIpc) is 3.03. The molecule has 1 aliphatic carbocycles. The Morgan fingerprint density at radius 2 is 1.79 bits per heavy atom. The smallest absolute Gasteiger partial charge is 0.213 e. The minimum absolute atomic E-state index is 0.180. The van der Waals surface area contributed by atoms with Crippen LogP contribution in [-0.2, 0) is 22.3 Å². The van der Waals surface area contributed by atoms with Gasteiger partial charge in [-0.2, -0.15) is 0 Å². The molecule has 0 bridgehead atoms. The van der Waals surface area contributed by atoms with Gasteiger partial charge >= 0.3 is 0 Å². The lowest BCUT2D eigenvalue weighted by atomic mass is 9.86. The summed E-state index contributed by atoms with van der Waals surface area (Å²) in [5.74, 6) is 2.20. The van der Waals surface area contributed by atoms with Crippen molar-refractivity contribution < 1.29 is 14.2 Å². The van der Waals surface area contributed by atoms with Crippen molar-refractivity contribution in [3.63, 3.8) is 0 Å². The normalized spacial score (nSPS) is 24.0. The molecule has 1 saturated heterocycles. The molecule has 1 aromatic carbocycles. The molecule has 4 heterocycles. The first-order valence-electron chi connectivity index (χ1n) is 12.3. The second-order valence-corrected chi connectivity index (χ2v) is 9.95. The second kappa shape index (κ2) is 9.29. The molecule has 2 fully saturated rings. The third kappa shape index (κ3) is 4.32. The fraction of sp³-hybridized carbons (Fsp3) is 0.500. The largest absolute Gasteiger partial charge is 0.474 e. The lowest BCUT2D eigenvalue weighted by Gasteiger charge is -2.30. The number of hydrogen-bond donors (Lipinski definition) is 0. The summed E-state index contributed by atoms with van der Waals surface area (Å²) in [5.41, 5.74) is 2.20. The Morgan fingerprint density at radius 1 is 0.971 bits per heavy atom. The van der Waals surface area contributed by atoms with E-state index in [2.05, 4.69) is 20.7 Å². The maximum absolute atomic E-state index is 6.42. The van der Waals surface area contributed by atoms with Crippen molar-refractivity contribution in [1.82, 2.24) is 19.7 Å². The molecule has 0 unspecified atom stereocenters. The first-order valence-corrected chi connectivity index (χ1v) is 12.7. The summed E-state index contributed by atoms with van der Waals surface area (Å²) in [6.45, 7) is 1.38. The Bertz CT molecular complexity index is 1140. The third-order valence-corrected chi connectivity index (χ3v) is 7.39. The molecule has 2 aromatic heterocycles. The Hall–Kier alpha value is -2.48. The highest BCUT2D eigenvalue weighted by atomic mass is 35.5. The van der Waals surface area contributed by atoms with E-state index in [1.165, 1.54) is 0 Å². The van der Waals surface area contributed by atoms with Crippen molar-refractivity contribution in [3.05, 3.63) is 64.8 Å². The maximum Gasteiger partial charge on any atom is 0.213 e. The highest BCUT2D eigenvalue weighted by molar-refractivity contribution is 6.30. The molecule has 178 valence electrons.